The zero-order valence-corrected chi connectivity index (χ0v) is 10.4. The average Bonchev–Trinajstić information content (AvgIpc) is 2.29. The Hall–Kier alpha value is -0.790. The number of allylic oxidation sites excluding steroid dienone is 1. The Morgan fingerprint density at radius 1 is 1.62 bits per heavy atom. The van der Waals surface area contributed by atoms with Gasteiger partial charge in [0, 0.05) is 6.42 Å². The molecule has 1 saturated carbocycles. The van der Waals surface area contributed by atoms with E-state index in [2.05, 4.69) is 19.9 Å². The zero-order valence-electron chi connectivity index (χ0n) is 10.4. The van der Waals surface area contributed by atoms with Crippen LogP contribution in [0.4, 0.5) is 0 Å². The van der Waals surface area contributed by atoms with E-state index in [1.165, 1.54) is 31.3 Å². The van der Waals surface area contributed by atoms with Crippen molar-refractivity contribution in [1.82, 2.24) is 0 Å². The van der Waals surface area contributed by atoms with E-state index in [0.717, 1.165) is 12.8 Å². The van der Waals surface area contributed by atoms with Crippen molar-refractivity contribution in [3.63, 3.8) is 0 Å². The topological polar surface area (TPSA) is 26.3 Å². The molecule has 16 heavy (non-hydrogen) atoms. The molecule has 2 nitrogen and oxygen atoms in total. The molecule has 2 aliphatic rings. The Morgan fingerprint density at radius 2 is 2.44 bits per heavy atom. The number of fused-ring (bicyclic) bond motifs is 1. The monoisotopic (exact) mass is 222 g/mol. The molecule has 3 atom stereocenters. The molecule has 2 aliphatic carbocycles. The summed E-state index contributed by atoms with van der Waals surface area (Å²) in [5.41, 5.74) is 1.93. The lowest BCUT2D eigenvalue weighted by atomic mass is 9.61. The molecular weight excluding hydrogens is 200 g/mol. The number of hydrogen-bond donors (Lipinski definition) is 0. The highest BCUT2D eigenvalue weighted by Crippen LogP contribution is 2.50. The number of carbonyl (C=O) groups is 1. The van der Waals surface area contributed by atoms with Crippen LogP contribution < -0.4 is 0 Å². The number of carbonyl (C=O) groups excluding carboxylic acids is 1. The fourth-order valence-electron chi connectivity index (χ4n) is 3.47. The van der Waals surface area contributed by atoms with Crippen LogP contribution in [0.25, 0.3) is 0 Å². The lowest BCUT2D eigenvalue weighted by Gasteiger charge is -2.45. The molecule has 2 rings (SSSR count). The highest BCUT2D eigenvalue weighted by Gasteiger charge is 2.41. The second kappa shape index (κ2) is 4.60. The van der Waals surface area contributed by atoms with Crippen molar-refractivity contribution in [2.24, 2.45) is 11.3 Å². The van der Waals surface area contributed by atoms with E-state index >= 15 is 0 Å². The summed E-state index contributed by atoms with van der Waals surface area (Å²) in [7, 11) is 0. The maximum absolute atomic E-state index is 10.5. The van der Waals surface area contributed by atoms with Gasteiger partial charge in [-0.25, -0.2) is 0 Å². The van der Waals surface area contributed by atoms with E-state index in [1.54, 1.807) is 0 Å². The Labute approximate surface area is 98.1 Å². The van der Waals surface area contributed by atoms with Gasteiger partial charge in [0.15, 0.2) is 0 Å². The van der Waals surface area contributed by atoms with Crippen molar-refractivity contribution in [3.05, 3.63) is 11.6 Å². The van der Waals surface area contributed by atoms with Crippen LogP contribution in [0.5, 0.6) is 0 Å². The van der Waals surface area contributed by atoms with Gasteiger partial charge in [-0.1, -0.05) is 25.5 Å². The largest absolute Gasteiger partial charge is 0.464 e. The van der Waals surface area contributed by atoms with Crippen LogP contribution in [-0.4, -0.2) is 12.6 Å². The Bertz CT molecular complexity index is 295. The van der Waals surface area contributed by atoms with E-state index in [-0.39, 0.29) is 6.10 Å². The van der Waals surface area contributed by atoms with Gasteiger partial charge in [-0.15, -0.1) is 0 Å². The molecule has 0 spiro atoms. The third kappa shape index (κ3) is 2.02. The van der Waals surface area contributed by atoms with Crippen molar-refractivity contribution >= 4 is 6.47 Å². The first kappa shape index (κ1) is 11.7. The molecule has 1 fully saturated rings. The van der Waals surface area contributed by atoms with E-state index in [9.17, 15) is 4.79 Å². The van der Waals surface area contributed by atoms with Crippen LogP contribution in [0.1, 0.15) is 52.4 Å². The number of ether oxygens (including phenoxy) is 1. The molecule has 0 saturated heterocycles. The van der Waals surface area contributed by atoms with Crippen LogP contribution in [0.2, 0.25) is 0 Å². The van der Waals surface area contributed by atoms with Gasteiger partial charge in [0.1, 0.15) is 6.10 Å². The van der Waals surface area contributed by atoms with Gasteiger partial charge >= 0.3 is 0 Å². The molecular formula is C14H22O2. The smallest absolute Gasteiger partial charge is 0.293 e. The third-order valence-corrected chi connectivity index (χ3v) is 4.51. The fraction of sp³-hybridized carbons (Fsp3) is 0.786. The lowest BCUT2D eigenvalue weighted by molar-refractivity contribution is -0.138. The van der Waals surface area contributed by atoms with Gasteiger partial charge in [0.25, 0.3) is 6.47 Å². The zero-order chi connectivity index (χ0) is 11.6. The van der Waals surface area contributed by atoms with Crippen LogP contribution in [0.15, 0.2) is 11.6 Å². The Morgan fingerprint density at radius 3 is 3.12 bits per heavy atom. The first-order valence-corrected chi connectivity index (χ1v) is 6.48. The number of hydrogen-bond acceptors (Lipinski definition) is 2. The predicted octanol–water partition coefficient (Wildman–Crippen LogP) is 3.46. The number of rotatable bonds is 3. The van der Waals surface area contributed by atoms with Gasteiger partial charge in [-0.05, 0) is 43.4 Å². The molecule has 90 valence electrons. The average molecular weight is 222 g/mol. The van der Waals surface area contributed by atoms with Gasteiger partial charge in [0.2, 0.25) is 0 Å². The SMILES string of the molecule is CCC1CC2(C)CCCC=C2CC1OC=O. The molecule has 0 N–H and O–H groups in total. The quantitative estimate of drug-likeness (QED) is 0.540. The second-order valence-corrected chi connectivity index (χ2v) is 5.53. The van der Waals surface area contributed by atoms with Crippen LogP contribution in [-0.2, 0) is 9.53 Å². The van der Waals surface area contributed by atoms with Crippen LogP contribution in [0, 0.1) is 11.3 Å². The summed E-state index contributed by atoms with van der Waals surface area (Å²) >= 11 is 0. The molecule has 2 heteroatoms. The fourth-order valence-corrected chi connectivity index (χ4v) is 3.47. The van der Waals surface area contributed by atoms with Gasteiger partial charge in [-0.2, -0.15) is 0 Å². The third-order valence-electron chi connectivity index (χ3n) is 4.51. The molecule has 0 heterocycles. The summed E-state index contributed by atoms with van der Waals surface area (Å²) in [4.78, 5) is 10.5. The minimum Gasteiger partial charge on any atom is -0.464 e. The highest BCUT2D eigenvalue weighted by molar-refractivity contribution is 5.38. The first-order chi connectivity index (χ1) is 7.69. The van der Waals surface area contributed by atoms with Crippen LogP contribution >= 0.6 is 0 Å². The summed E-state index contributed by atoms with van der Waals surface area (Å²) in [5, 5.41) is 0. The van der Waals surface area contributed by atoms with Crippen molar-refractivity contribution in [1.29, 1.82) is 0 Å². The van der Waals surface area contributed by atoms with Crippen molar-refractivity contribution in [2.75, 3.05) is 0 Å². The molecule has 0 aliphatic heterocycles. The van der Waals surface area contributed by atoms with Crippen LogP contribution in [0.3, 0.4) is 0 Å². The molecule has 0 bridgehead atoms. The molecule has 0 aromatic heterocycles. The van der Waals surface area contributed by atoms with E-state index in [1.807, 2.05) is 0 Å². The second-order valence-electron chi connectivity index (χ2n) is 5.53. The van der Waals surface area contributed by atoms with E-state index < -0.39 is 0 Å². The lowest BCUT2D eigenvalue weighted by Crippen LogP contribution is -2.39. The minimum absolute atomic E-state index is 0.125. The normalized spacial score (nSPS) is 38.5. The first-order valence-electron chi connectivity index (χ1n) is 6.48. The predicted molar refractivity (Wildman–Crippen MR) is 64.0 cm³/mol. The van der Waals surface area contributed by atoms with E-state index in [4.69, 9.17) is 4.74 Å². The molecule has 0 aromatic carbocycles. The summed E-state index contributed by atoms with van der Waals surface area (Å²) < 4.78 is 5.26. The summed E-state index contributed by atoms with van der Waals surface area (Å²) in [6.45, 7) is 5.21. The molecule has 3 unspecified atom stereocenters. The maximum atomic E-state index is 10.5. The van der Waals surface area contributed by atoms with Crippen molar-refractivity contribution in [2.45, 2.75) is 58.5 Å². The summed E-state index contributed by atoms with van der Waals surface area (Å²) in [6.07, 6.45) is 9.60. The van der Waals surface area contributed by atoms with Gasteiger partial charge in [-0.3, -0.25) is 4.79 Å². The van der Waals surface area contributed by atoms with Gasteiger partial charge in [0.05, 0.1) is 0 Å². The summed E-state index contributed by atoms with van der Waals surface area (Å²) in [6, 6.07) is 0. The Balaban J connectivity index is 2.17. The minimum atomic E-state index is 0.125. The highest BCUT2D eigenvalue weighted by atomic mass is 16.5. The molecule has 0 amide bonds. The standard InChI is InChI=1S/C14H22O2/c1-3-11-9-14(2)7-5-4-6-12(14)8-13(11)16-10-15/h6,10-11,13H,3-5,7-9H2,1-2H3. The molecule has 0 aromatic rings. The maximum Gasteiger partial charge on any atom is 0.293 e. The summed E-state index contributed by atoms with van der Waals surface area (Å²) in [5.74, 6) is 0.547. The van der Waals surface area contributed by atoms with Crippen molar-refractivity contribution < 1.29 is 9.53 Å². The van der Waals surface area contributed by atoms with E-state index in [0.29, 0.717) is 17.8 Å². The van der Waals surface area contributed by atoms with Crippen molar-refractivity contribution in [3.8, 4) is 0 Å². The van der Waals surface area contributed by atoms with Gasteiger partial charge < -0.3 is 4.74 Å². The Kier molecular flexibility index (Phi) is 3.36. The molecule has 0 radical (unpaired) electrons.